The highest BCUT2D eigenvalue weighted by Gasteiger charge is 2.25. The minimum atomic E-state index is -0.665. The third kappa shape index (κ3) is 4.69. The summed E-state index contributed by atoms with van der Waals surface area (Å²) in [6, 6.07) is 15.6. The highest BCUT2D eigenvalue weighted by Crippen LogP contribution is 2.31. The van der Waals surface area contributed by atoms with Gasteiger partial charge in [0.25, 0.3) is 0 Å². The summed E-state index contributed by atoms with van der Waals surface area (Å²) in [5.41, 5.74) is 1.93. The summed E-state index contributed by atoms with van der Waals surface area (Å²) in [5, 5.41) is 3.88. The normalized spacial score (nSPS) is 14.4. The van der Waals surface area contributed by atoms with Crippen molar-refractivity contribution in [2.45, 2.75) is 25.8 Å². The molecule has 0 spiro atoms. The molecule has 0 saturated carbocycles. The molecule has 2 aromatic carbocycles. The maximum absolute atomic E-state index is 12.9. The number of nitrogens with zero attached hydrogens (tertiary/aromatic N) is 3. The zero-order valence-electron chi connectivity index (χ0n) is 18.3. The molecule has 32 heavy (non-hydrogen) atoms. The molecule has 2 heterocycles. The zero-order chi connectivity index (χ0) is 22.5. The molecule has 1 aliphatic heterocycles. The van der Waals surface area contributed by atoms with E-state index in [1.165, 1.54) is 17.2 Å². The predicted octanol–water partition coefficient (Wildman–Crippen LogP) is 3.00. The van der Waals surface area contributed by atoms with E-state index in [1.807, 2.05) is 11.0 Å². The van der Waals surface area contributed by atoms with Crippen LogP contribution in [0.2, 0.25) is 0 Å². The van der Waals surface area contributed by atoms with Gasteiger partial charge in [-0.15, -0.1) is 0 Å². The average molecular weight is 437 g/mol. The first kappa shape index (κ1) is 21.7. The highest BCUT2D eigenvalue weighted by molar-refractivity contribution is 5.77. The fourth-order valence-corrected chi connectivity index (χ4v) is 4.16. The van der Waals surface area contributed by atoms with Crippen molar-refractivity contribution in [1.29, 1.82) is 0 Å². The van der Waals surface area contributed by atoms with Crippen LogP contribution in [-0.2, 0) is 17.8 Å². The number of aromatic nitrogens is 2. The topological polar surface area (TPSA) is 86.8 Å². The van der Waals surface area contributed by atoms with E-state index in [2.05, 4.69) is 29.4 Å². The van der Waals surface area contributed by atoms with E-state index in [1.54, 1.807) is 25.3 Å². The Morgan fingerprint density at radius 2 is 1.78 bits per heavy atom. The minimum Gasteiger partial charge on any atom is -0.493 e. The van der Waals surface area contributed by atoms with E-state index in [0.717, 1.165) is 19.3 Å². The van der Waals surface area contributed by atoms with Gasteiger partial charge in [0, 0.05) is 18.7 Å². The zero-order valence-corrected chi connectivity index (χ0v) is 18.3. The van der Waals surface area contributed by atoms with E-state index in [4.69, 9.17) is 14.0 Å². The average Bonchev–Trinajstić information content (AvgIpc) is 3.19. The Morgan fingerprint density at radius 1 is 1.06 bits per heavy atom. The molecular formula is C24H27N3O5. The molecule has 3 aromatic rings. The van der Waals surface area contributed by atoms with Crippen LogP contribution in [0.15, 0.2) is 57.8 Å². The molecule has 8 nitrogen and oxygen atoms in total. The first-order valence-corrected chi connectivity index (χ1v) is 10.7. The Balaban J connectivity index is 1.42. The van der Waals surface area contributed by atoms with Crippen LogP contribution >= 0.6 is 0 Å². The molecule has 1 saturated heterocycles. The Hall–Kier alpha value is -3.55. The summed E-state index contributed by atoms with van der Waals surface area (Å²) >= 11 is 0. The lowest BCUT2D eigenvalue weighted by Crippen LogP contribution is -2.41. The summed E-state index contributed by atoms with van der Waals surface area (Å²) in [6.45, 7) is 1.25. The molecule has 0 N–H and O–H groups in total. The number of hydrogen-bond acceptors (Lipinski definition) is 6. The molecule has 1 aromatic heterocycles. The van der Waals surface area contributed by atoms with Gasteiger partial charge in [0.2, 0.25) is 5.91 Å². The Bertz CT molecular complexity index is 1110. The standard InChI is InChI=1S/C24H27N3O5/c1-30-20-9-8-19(15-21(20)31-2)23-25-32-24(29)27(23)16-22(28)26-12-10-18(11-13-26)14-17-6-4-3-5-7-17/h3-9,15,18H,10-14,16H2,1-2H3. The number of ether oxygens (including phenoxy) is 2. The fourth-order valence-electron chi connectivity index (χ4n) is 4.16. The Kier molecular flexibility index (Phi) is 6.58. The van der Waals surface area contributed by atoms with Crippen LogP contribution in [0.4, 0.5) is 0 Å². The van der Waals surface area contributed by atoms with Crippen LogP contribution in [0.25, 0.3) is 11.4 Å². The number of benzene rings is 2. The number of rotatable bonds is 7. The summed E-state index contributed by atoms with van der Waals surface area (Å²) in [4.78, 5) is 27.0. The van der Waals surface area contributed by atoms with Gasteiger partial charge in [-0.05, 0) is 48.9 Å². The van der Waals surface area contributed by atoms with Crippen molar-refractivity contribution in [3.63, 3.8) is 0 Å². The molecule has 4 rings (SSSR count). The number of methoxy groups -OCH3 is 2. The summed E-state index contributed by atoms with van der Waals surface area (Å²) in [7, 11) is 3.08. The van der Waals surface area contributed by atoms with E-state index in [-0.39, 0.29) is 18.3 Å². The third-order valence-electron chi connectivity index (χ3n) is 5.96. The number of likely N-dealkylation sites (tertiary alicyclic amines) is 1. The van der Waals surface area contributed by atoms with Gasteiger partial charge in [-0.25, -0.2) is 9.36 Å². The van der Waals surface area contributed by atoms with Crippen molar-refractivity contribution < 1.29 is 18.8 Å². The monoisotopic (exact) mass is 437 g/mol. The maximum atomic E-state index is 12.9. The molecule has 8 heteroatoms. The molecule has 0 radical (unpaired) electrons. The van der Waals surface area contributed by atoms with E-state index in [9.17, 15) is 9.59 Å². The Morgan fingerprint density at radius 3 is 2.47 bits per heavy atom. The van der Waals surface area contributed by atoms with Gasteiger partial charge in [0.05, 0.1) is 14.2 Å². The number of carbonyl (C=O) groups excluding carboxylic acids is 1. The first-order chi connectivity index (χ1) is 15.6. The molecule has 0 unspecified atom stereocenters. The van der Waals surface area contributed by atoms with Crippen LogP contribution < -0.4 is 15.2 Å². The minimum absolute atomic E-state index is 0.116. The van der Waals surface area contributed by atoms with Crippen molar-refractivity contribution in [3.05, 3.63) is 64.6 Å². The SMILES string of the molecule is COc1ccc(-c2noc(=O)n2CC(=O)N2CCC(Cc3ccccc3)CC2)cc1OC. The van der Waals surface area contributed by atoms with Crippen molar-refractivity contribution in [2.75, 3.05) is 27.3 Å². The summed E-state index contributed by atoms with van der Waals surface area (Å²) < 4.78 is 16.7. The maximum Gasteiger partial charge on any atom is 0.442 e. The summed E-state index contributed by atoms with van der Waals surface area (Å²) in [5.74, 6) is 1.12. The van der Waals surface area contributed by atoms with Crippen LogP contribution in [-0.4, -0.2) is 47.8 Å². The lowest BCUT2D eigenvalue weighted by atomic mass is 9.90. The van der Waals surface area contributed by atoms with E-state index >= 15 is 0 Å². The van der Waals surface area contributed by atoms with Crippen LogP contribution in [0.5, 0.6) is 11.5 Å². The van der Waals surface area contributed by atoms with Gasteiger partial charge < -0.3 is 14.4 Å². The van der Waals surface area contributed by atoms with Gasteiger partial charge in [-0.2, -0.15) is 0 Å². The Labute approximate surface area is 186 Å². The fraction of sp³-hybridized carbons (Fsp3) is 0.375. The molecule has 168 valence electrons. The van der Waals surface area contributed by atoms with Gasteiger partial charge in [0.15, 0.2) is 17.3 Å². The van der Waals surface area contributed by atoms with Gasteiger partial charge in [-0.1, -0.05) is 35.5 Å². The number of carbonyl (C=O) groups is 1. The third-order valence-corrected chi connectivity index (χ3v) is 5.96. The molecule has 1 aliphatic rings. The molecule has 0 atom stereocenters. The second-order valence-corrected chi connectivity index (χ2v) is 7.94. The van der Waals surface area contributed by atoms with Crippen molar-refractivity contribution in [2.24, 2.45) is 5.92 Å². The lowest BCUT2D eigenvalue weighted by Gasteiger charge is -2.32. The second kappa shape index (κ2) is 9.72. The first-order valence-electron chi connectivity index (χ1n) is 10.7. The predicted molar refractivity (Wildman–Crippen MR) is 119 cm³/mol. The second-order valence-electron chi connectivity index (χ2n) is 7.94. The summed E-state index contributed by atoms with van der Waals surface area (Å²) in [6.07, 6.45) is 2.92. The highest BCUT2D eigenvalue weighted by atomic mass is 16.5. The molecule has 0 aliphatic carbocycles. The van der Waals surface area contributed by atoms with Gasteiger partial charge in [0.1, 0.15) is 6.54 Å². The van der Waals surface area contributed by atoms with E-state index in [0.29, 0.717) is 36.1 Å². The number of piperidine rings is 1. The van der Waals surface area contributed by atoms with Crippen LogP contribution in [0, 0.1) is 5.92 Å². The number of amides is 1. The van der Waals surface area contributed by atoms with Crippen molar-refractivity contribution in [1.82, 2.24) is 14.6 Å². The molecular weight excluding hydrogens is 410 g/mol. The largest absolute Gasteiger partial charge is 0.493 e. The van der Waals surface area contributed by atoms with E-state index < -0.39 is 5.76 Å². The molecule has 1 amide bonds. The van der Waals surface area contributed by atoms with Gasteiger partial charge in [-0.3, -0.25) is 9.32 Å². The van der Waals surface area contributed by atoms with Crippen molar-refractivity contribution >= 4 is 5.91 Å². The quantitative estimate of drug-likeness (QED) is 0.565. The van der Waals surface area contributed by atoms with Crippen molar-refractivity contribution in [3.8, 4) is 22.9 Å². The number of hydrogen-bond donors (Lipinski definition) is 0. The lowest BCUT2D eigenvalue weighted by molar-refractivity contribution is -0.133. The van der Waals surface area contributed by atoms with Gasteiger partial charge >= 0.3 is 5.76 Å². The smallest absolute Gasteiger partial charge is 0.442 e. The molecule has 1 fully saturated rings. The van der Waals surface area contributed by atoms with Crippen LogP contribution in [0.1, 0.15) is 18.4 Å². The van der Waals surface area contributed by atoms with Crippen LogP contribution in [0.3, 0.4) is 0 Å². The molecule has 0 bridgehead atoms.